The molecule has 2 rings (SSSR count). The highest BCUT2D eigenvalue weighted by atomic mass is 32.1. The van der Waals surface area contributed by atoms with Gasteiger partial charge >= 0.3 is 0 Å². The predicted molar refractivity (Wildman–Crippen MR) is 69.7 cm³/mol. The van der Waals surface area contributed by atoms with Crippen molar-refractivity contribution in [1.29, 1.82) is 0 Å². The Morgan fingerprint density at radius 3 is 3.19 bits per heavy atom. The Hall–Kier alpha value is -1.14. The Balaban J connectivity index is 1.98. The molecule has 0 saturated carbocycles. The maximum atomic E-state index is 5.11. The van der Waals surface area contributed by atoms with Crippen LogP contribution < -0.4 is 0 Å². The van der Waals surface area contributed by atoms with Crippen LogP contribution in [0.25, 0.3) is 11.0 Å². The third-order valence-electron chi connectivity index (χ3n) is 2.26. The smallest absolute Gasteiger partial charge is 0.216 e. The van der Waals surface area contributed by atoms with E-state index < -0.39 is 0 Å². The predicted octanol–water partition coefficient (Wildman–Crippen LogP) is 2.12. The zero-order valence-corrected chi connectivity index (χ0v) is 10.2. The topological polar surface area (TPSA) is 50.8 Å². The van der Waals surface area contributed by atoms with Gasteiger partial charge in [-0.05, 0) is 36.7 Å². The van der Waals surface area contributed by atoms with E-state index in [-0.39, 0.29) is 0 Å². The van der Waals surface area contributed by atoms with E-state index in [0.717, 1.165) is 23.9 Å². The normalized spacial score (nSPS) is 10.6. The molecule has 0 aliphatic rings. The lowest BCUT2D eigenvalue weighted by atomic mass is 10.1. The molecule has 0 amide bonds. The van der Waals surface area contributed by atoms with Crippen LogP contribution in [-0.4, -0.2) is 26.4 Å². The first-order valence-electron chi connectivity index (χ1n) is 4.92. The molecule has 0 bridgehead atoms. The van der Waals surface area contributed by atoms with Crippen LogP contribution in [0.1, 0.15) is 12.0 Å². The molecule has 0 spiro atoms. The molecule has 1 aromatic carbocycles. The summed E-state index contributed by atoms with van der Waals surface area (Å²) < 4.78 is 5.40. The fourth-order valence-electron chi connectivity index (χ4n) is 1.55. The molecular weight excluding hydrogens is 242 g/mol. The van der Waals surface area contributed by atoms with Crippen LogP contribution in [0, 0.1) is 0 Å². The second-order valence-electron chi connectivity index (χ2n) is 3.34. The summed E-state index contributed by atoms with van der Waals surface area (Å²) in [5.41, 5.74) is 3.05. The largest absolute Gasteiger partial charge is 0.479 e. The monoisotopic (exact) mass is 253 g/mol. The molecule has 4 nitrogen and oxygen atoms in total. The van der Waals surface area contributed by atoms with Gasteiger partial charge in [-0.15, -0.1) is 5.10 Å². The van der Waals surface area contributed by atoms with Gasteiger partial charge in [0, 0.05) is 0 Å². The van der Waals surface area contributed by atoms with Gasteiger partial charge in [0.1, 0.15) is 5.52 Å². The summed E-state index contributed by atoms with van der Waals surface area (Å²) in [5.74, 6) is 0. The van der Waals surface area contributed by atoms with E-state index in [1.807, 2.05) is 18.2 Å². The summed E-state index contributed by atoms with van der Waals surface area (Å²) in [4.78, 5) is 0. The first kappa shape index (κ1) is 11.3. The first-order chi connectivity index (χ1) is 7.77. The Bertz CT molecular complexity index is 498. The second-order valence-corrected chi connectivity index (χ2v) is 4.42. The van der Waals surface area contributed by atoms with E-state index in [2.05, 4.69) is 28.0 Å². The number of nitrogens with one attached hydrogen (secondary N) is 1. The SMILES string of the molecule is S=C(S)OCCCc1cccc2[nH]nnc12. The Kier molecular flexibility index (Phi) is 3.74. The summed E-state index contributed by atoms with van der Waals surface area (Å²) in [6, 6.07) is 5.99. The summed E-state index contributed by atoms with van der Waals surface area (Å²) in [6.45, 7) is 0.580. The molecule has 0 fully saturated rings. The van der Waals surface area contributed by atoms with Gasteiger partial charge in [-0.25, -0.2) is 0 Å². The van der Waals surface area contributed by atoms with E-state index in [9.17, 15) is 0 Å². The van der Waals surface area contributed by atoms with Crippen LogP contribution in [0.2, 0.25) is 0 Å². The second kappa shape index (κ2) is 5.27. The lowest BCUT2D eigenvalue weighted by molar-refractivity contribution is 0.315. The molecule has 0 unspecified atom stereocenters. The standard InChI is InChI=1S/C10H11N3OS2/c15-10(16)14-6-2-4-7-3-1-5-8-9(7)12-13-11-8/h1,3,5H,2,4,6H2,(H,15,16)(H,11,12,13). The van der Waals surface area contributed by atoms with Gasteiger partial charge in [-0.2, -0.15) is 0 Å². The minimum absolute atomic E-state index is 0.291. The van der Waals surface area contributed by atoms with E-state index >= 15 is 0 Å². The average molecular weight is 253 g/mol. The molecule has 6 heteroatoms. The molecule has 1 heterocycles. The Morgan fingerprint density at radius 2 is 2.38 bits per heavy atom. The van der Waals surface area contributed by atoms with Crippen molar-refractivity contribution < 1.29 is 4.74 Å². The number of thiol groups is 1. The highest BCUT2D eigenvalue weighted by Gasteiger charge is 2.03. The van der Waals surface area contributed by atoms with E-state index in [1.54, 1.807) is 0 Å². The summed E-state index contributed by atoms with van der Waals surface area (Å²) in [5, 5.41) is 10.7. The minimum atomic E-state index is 0.291. The van der Waals surface area contributed by atoms with Crippen molar-refractivity contribution in [1.82, 2.24) is 15.4 Å². The number of nitrogens with zero attached hydrogens (tertiary/aromatic N) is 2. The van der Waals surface area contributed by atoms with Crippen molar-refractivity contribution in [3.8, 4) is 0 Å². The summed E-state index contributed by atoms with van der Waals surface area (Å²) in [7, 11) is 0. The molecule has 0 aliphatic heterocycles. The number of H-pyrrole nitrogens is 1. The third-order valence-corrected chi connectivity index (χ3v) is 2.50. The molecule has 1 aromatic heterocycles. The maximum Gasteiger partial charge on any atom is 0.216 e. The van der Waals surface area contributed by atoms with Gasteiger partial charge in [0.2, 0.25) is 4.38 Å². The molecule has 0 aliphatic carbocycles. The van der Waals surface area contributed by atoms with Gasteiger partial charge in [0.25, 0.3) is 0 Å². The number of rotatable bonds is 4. The maximum absolute atomic E-state index is 5.11. The number of ether oxygens (including phenoxy) is 1. The van der Waals surface area contributed by atoms with Gasteiger partial charge in [-0.1, -0.05) is 30.0 Å². The zero-order valence-electron chi connectivity index (χ0n) is 8.51. The van der Waals surface area contributed by atoms with Crippen LogP contribution in [0.4, 0.5) is 0 Å². The number of thiocarbonyl (C=S) groups is 1. The van der Waals surface area contributed by atoms with E-state index in [0.29, 0.717) is 11.0 Å². The Morgan fingerprint density at radius 1 is 1.50 bits per heavy atom. The fourth-order valence-corrected chi connectivity index (χ4v) is 1.73. The lowest BCUT2D eigenvalue weighted by Crippen LogP contribution is -1.98. The zero-order chi connectivity index (χ0) is 11.4. The number of hydrogen-bond acceptors (Lipinski definition) is 4. The van der Waals surface area contributed by atoms with Crippen molar-refractivity contribution in [2.24, 2.45) is 0 Å². The molecule has 84 valence electrons. The van der Waals surface area contributed by atoms with Crippen molar-refractivity contribution in [2.45, 2.75) is 12.8 Å². The van der Waals surface area contributed by atoms with Crippen molar-refractivity contribution >= 4 is 40.3 Å². The number of aromatic amines is 1. The first-order valence-corrected chi connectivity index (χ1v) is 5.77. The summed E-state index contributed by atoms with van der Waals surface area (Å²) in [6.07, 6.45) is 1.77. The molecule has 0 saturated heterocycles. The van der Waals surface area contributed by atoms with Gasteiger partial charge in [0.05, 0.1) is 12.1 Å². The van der Waals surface area contributed by atoms with E-state index in [1.165, 1.54) is 5.56 Å². The van der Waals surface area contributed by atoms with Crippen LogP contribution in [-0.2, 0) is 11.2 Å². The van der Waals surface area contributed by atoms with Crippen molar-refractivity contribution in [3.05, 3.63) is 23.8 Å². The number of aryl methyl sites for hydroxylation is 1. The summed E-state index contributed by atoms with van der Waals surface area (Å²) >= 11 is 8.59. The van der Waals surface area contributed by atoms with Crippen molar-refractivity contribution in [3.63, 3.8) is 0 Å². The van der Waals surface area contributed by atoms with Crippen LogP contribution in [0.5, 0.6) is 0 Å². The highest BCUT2D eigenvalue weighted by Crippen LogP contribution is 2.15. The van der Waals surface area contributed by atoms with Gasteiger partial charge in [-0.3, -0.25) is 5.10 Å². The van der Waals surface area contributed by atoms with Gasteiger partial charge < -0.3 is 4.74 Å². The quantitative estimate of drug-likeness (QED) is 0.498. The van der Waals surface area contributed by atoms with Crippen LogP contribution in [0.3, 0.4) is 0 Å². The fraction of sp³-hybridized carbons (Fsp3) is 0.300. The minimum Gasteiger partial charge on any atom is -0.479 e. The van der Waals surface area contributed by atoms with Crippen molar-refractivity contribution in [2.75, 3.05) is 6.61 Å². The molecule has 2 aromatic rings. The molecule has 0 radical (unpaired) electrons. The number of hydrogen-bond donors (Lipinski definition) is 2. The van der Waals surface area contributed by atoms with Crippen LogP contribution in [0.15, 0.2) is 18.2 Å². The Labute approximate surface area is 104 Å². The van der Waals surface area contributed by atoms with Crippen LogP contribution >= 0.6 is 24.8 Å². The van der Waals surface area contributed by atoms with Gasteiger partial charge in [0.15, 0.2) is 0 Å². The number of benzene rings is 1. The van der Waals surface area contributed by atoms with E-state index in [4.69, 9.17) is 17.0 Å². The molecule has 16 heavy (non-hydrogen) atoms. The highest BCUT2D eigenvalue weighted by molar-refractivity contribution is 8.10. The lowest BCUT2D eigenvalue weighted by Gasteiger charge is -2.03. The molecule has 0 atom stereocenters. The molecule has 1 N–H and O–H groups in total. The number of fused-ring (bicyclic) bond motifs is 1. The molecular formula is C10H11N3OS2. The third kappa shape index (κ3) is 2.70. The average Bonchev–Trinajstić information content (AvgIpc) is 2.72. The number of aromatic nitrogens is 3.